The molecule has 1 aliphatic rings. The van der Waals surface area contributed by atoms with E-state index in [1.165, 1.54) is 19.2 Å². The minimum absolute atomic E-state index is 0.0451. The van der Waals surface area contributed by atoms with Crippen LogP contribution in [0.15, 0.2) is 42.5 Å². The number of rotatable bonds is 7. The Morgan fingerprint density at radius 3 is 2.79 bits per heavy atom. The number of aromatic nitrogens is 3. The zero-order valence-electron chi connectivity index (χ0n) is 18.6. The number of anilines is 1. The molecule has 176 valence electrons. The third kappa shape index (κ3) is 5.03. The Kier molecular flexibility index (Phi) is 6.81. The SMILES string of the molecule is COc1ccc(C(=O)NCC(=O)Nc2cccc(-c3nnc4n3CCCCC4)c2)cc1[N+](=O)[O-]. The Morgan fingerprint density at radius 1 is 1.15 bits per heavy atom. The second kappa shape index (κ2) is 10.1. The van der Waals surface area contributed by atoms with Gasteiger partial charge in [0.15, 0.2) is 11.6 Å². The average Bonchev–Trinajstić information content (AvgIpc) is 3.10. The molecule has 1 aromatic heterocycles. The number of amides is 2. The van der Waals surface area contributed by atoms with Gasteiger partial charge in [0.05, 0.1) is 18.6 Å². The topological polar surface area (TPSA) is 141 Å². The Bertz CT molecular complexity index is 1240. The number of aryl methyl sites for hydroxylation is 1. The van der Waals surface area contributed by atoms with Crippen LogP contribution in [-0.2, 0) is 17.8 Å². The number of hydrogen-bond acceptors (Lipinski definition) is 7. The molecule has 0 atom stereocenters. The molecule has 2 N–H and O–H groups in total. The zero-order chi connectivity index (χ0) is 24.1. The summed E-state index contributed by atoms with van der Waals surface area (Å²) in [4.78, 5) is 35.3. The van der Waals surface area contributed by atoms with Crippen LogP contribution in [0.3, 0.4) is 0 Å². The molecule has 0 aliphatic carbocycles. The summed E-state index contributed by atoms with van der Waals surface area (Å²) in [7, 11) is 1.31. The van der Waals surface area contributed by atoms with Gasteiger partial charge >= 0.3 is 5.69 Å². The summed E-state index contributed by atoms with van der Waals surface area (Å²) >= 11 is 0. The van der Waals surface area contributed by atoms with Gasteiger partial charge in [-0.25, -0.2) is 0 Å². The number of hydrogen-bond donors (Lipinski definition) is 2. The van der Waals surface area contributed by atoms with Crippen LogP contribution in [-0.4, -0.2) is 45.2 Å². The van der Waals surface area contributed by atoms with Gasteiger partial charge in [0, 0.05) is 35.8 Å². The first-order valence-corrected chi connectivity index (χ1v) is 10.9. The van der Waals surface area contributed by atoms with Gasteiger partial charge in [0.1, 0.15) is 5.82 Å². The number of fused-ring (bicyclic) bond motifs is 1. The number of carbonyl (C=O) groups is 2. The maximum Gasteiger partial charge on any atom is 0.311 e. The molecule has 0 unspecified atom stereocenters. The monoisotopic (exact) mass is 464 g/mol. The van der Waals surface area contributed by atoms with Crippen LogP contribution in [0.5, 0.6) is 5.75 Å². The van der Waals surface area contributed by atoms with Crippen molar-refractivity contribution in [1.82, 2.24) is 20.1 Å². The largest absolute Gasteiger partial charge is 0.490 e. The summed E-state index contributed by atoms with van der Waals surface area (Å²) < 4.78 is 7.06. The van der Waals surface area contributed by atoms with Crippen LogP contribution >= 0.6 is 0 Å². The smallest absolute Gasteiger partial charge is 0.311 e. The molecular weight excluding hydrogens is 440 g/mol. The molecule has 0 saturated carbocycles. The van der Waals surface area contributed by atoms with Gasteiger partial charge in [-0.3, -0.25) is 19.7 Å². The first-order valence-electron chi connectivity index (χ1n) is 10.9. The fourth-order valence-electron chi connectivity index (χ4n) is 3.88. The molecule has 2 aromatic carbocycles. The molecular formula is C23H24N6O5. The van der Waals surface area contributed by atoms with E-state index in [0.29, 0.717) is 5.69 Å². The average molecular weight is 464 g/mol. The van der Waals surface area contributed by atoms with E-state index in [-0.39, 0.29) is 23.5 Å². The molecule has 11 heteroatoms. The fourth-order valence-corrected chi connectivity index (χ4v) is 3.88. The van der Waals surface area contributed by atoms with Crippen molar-refractivity contribution in [3.8, 4) is 17.1 Å². The molecule has 4 rings (SSSR count). The van der Waals surface area contributed by atoms with Crippen molar-refractivity contribution < 1.29 is 19.2 Å². The first-order chi connectivity index (χ1) is 16.5. The summed E-state index contributed by atoms with van der Waals surface area (Å²) in [5, 5.41) is 25.0. The van der Waals surface area contributed by atoms with Crippen LogP contribution in [0, 0.1) is 10.1 Å². The highest BCUT2D eigenvalue weighted by molar-refractivity contribution is 6.00. The number of benzene rings is 2. The van der Waals surface area contributed by atoms with Crippen LogP contribution < -0.4 is 15.4 Å². The van der Waals surface area contributed by atoms with E-state index in [4.69, 9.17) is 4.74 Å². The number of nitrogens with zero attached hydrogens (tertiary/aromatic N) is 4. The van der Waals surface area contributed by atoms with Gasteiger partial charge in [-0.2, -0.15) is 0 Å². The third-order valence-electron chi connectivity index (χ3n) is 5.56. The normalized spacial score (nSPS) is 12.9. The molecule has 11 nitrogen and oxygen atoms in total. The Hall–Kier alpha value is -4.28. The van der Waals surface area contributed by atoms with Crippen molar-refractivity contribution in [2.75, 3.05) is 19.0 Å². The molecule has 3 aromatic rings. The van der Waals surface area contributed by atoms with Crippen molar-refractivity contribution in [2.24, 2.45) is 0 Å². The van der Waals surface area contributed by atoms with Gasteiger partial charge < -0.3 is 19.9 Å². The maximum atomic E-state index is 12.4. The zero-order valence-corrected chi connectivity index (χ0v) is 18.6. The van der Waals surface area contributed by atoms with Crippen LogP contribution in [0.2, 0.25) is 0 Å². The first kappa shape index (κ1) is 22.9. The second-order valence-corrected chi connectivity index (χ2v) is 7.86. The van der Waals surface area contributed by atoms with Gasteiger partial charge in [0.2, 0.25) is 5.91 Å². The summed E-state index contributed by atoms with van der Waals surface area (Å²) in [5.74, 6) is 0.740. The van der Waals surface area contributed by atoms with E-state index in [1.54, 1.807) is 6.07 Å². The van der Waals surface area contributed by atoms with E-state index >= 15 is 0 Å². The number of carbonyl (C=O) groups excluding carboxylic acids is 2. The van der Waals surface area contributed by atoms with Crippen molar-refractivity contribution in [2.45, 2.75) is 32.2 Å². The maximum absolute atomic E-state index is 12.4. The van der Waals surface area contributed by atoms with E-state index in [1.807, 2.05) is 18.2 Å². The molecule has 0 saturated heterocycles. The van der Waals surface area contributed by atoms with Crippen LogP contribution in [0.4, 0.5) is 11.4 Å². The number of nitro groups is 1. The highest BCUT2D eigenvalue weighted by Crippen LogP contribution is 2.27. The highest BCUT2D eigenvalue weighted by Gasteiger charge is 2.19. The second-order valence-electron chi connectivity index (χ2n) is 7.86. The predicted octanol–water partition coefficient (Wildman–Crippen LogP) is 2.96. The van der Waals surface area contributed by atoms with E-state index in [2.05, 4.69) is 25.4 Å². The van der Waals surface area contributed by atoms with Crippen molar-refractivity contribution in [3.63, 3.8) is 0 Å². The molecule has 34 heavy (non-hydrogen) atoms. The number of nitro benzene ring substituents is 1. The minimum Gasteiger partial charge on any atom is -0.490 e. The lowest BCUT2D eigenvalue weighted by atomic mass is 10.1. The molecule has 1 aliphatic heterocycles. The van der Waals surface area contributed by atoms with Gasteiger partial charge in [0.25, 0.3) is 5.91 Å². The number of ether oxygens (including phenoxy) is 1. The lowest BCUT2D eigenvalue weighted by Crippen LogP contribution is -2.32. The van der Waals surface area contributed by atoms with E-state index in [0.717, 1.165) is 55.5 Å². The summed E-state index contributed by atoms with van der Waals surface area (Å²) in [6.07, 6.45) is 4.24. The molecule has 0 bridgehead atoms. The Morgan fingerprint density at radius 2 is 2.00 bits per heavy atom. The van der Waals surface area contributed by atoms with Gasteiger partial charge in [-0.05, 0) is 37.1 Å². The predicted molar refractivity (Wildman–Crippen MR) is 124 cm³/mol. The van der Waals surface area contributed by atoms with Crippen molar-refractivity contribution in [3.05, 3.63) is 64.0 Å². The quantitative estimate of drug-likeness (QED) is 0.404. The van der Waals surface area contributed by atoms with E-state index in [9.17, 15) is 19.7 Å². The molecule has 2 amide bonds. The molecule has 0 fully saturated rings. The summed E-state index contributed by atoms with van der Waals surface area (Å²) in [5.41, 5.74) is 1.12. The van der Waals surface area contributed by atoms with Crippen LogP contribution in [0.25, 0.3) is 11.4 Å². The Labute approximate surface area is 195 Å². The summed E-state index contributed by atoms with van der Waals surface area (Å²) in [6.45, 7) is 0.563. The fraction of sp³-hybridized carbons (Fsp3) is 0.304. The standard InChI is InChI=1S/C23H24N6O5/c1-34-19-10-9-16(13-18(19)29(32)33)23(31)24-14-21(30)25-17-7-5-6-15(12-17)22-27-26-20-8-3-2-4-11-28(20)22/h5-7,9-10,12-13H,2-4,8,11,14H2,1H3,(H,24,31)(H,25,30). The highest BCUT2D eigenvalue weighted by atomic mass is 16.6. The minimum atomic E-state index is -0.635. The van der Waals surface area contributed by atoms with Crippen molar-refractivity contribution >= 4 is 23.2 Å². The van der Waals surface area contributed by atoms with Crippen LogP contribution in [0.1, 0.15) is 35.4 Å². The van der Waals surface area contributed by atoms with E-state index < -0.39 is 16.7 Å². The third-order valence-corrected chi connectivity index (χ3v) is 5.56. The number of methoxy groups -OCH3 is 1. The van der Waals surface area contributed by atoms with Gasteiger partial charge in [-0.15, -0.1) is 10.2 Å². The molecule has 2 heterocycles. The van der Waals surface area contributed by atoms with Gasteiger partial charge in [-0.1, -0.05) is 18.6 Å². The molecule has 0 radical (unpaired) electrons. The lowest BCUT2D eigenvalue weighted by Gasteiger charge is -2.10. The Balaban J connectivity index is 1.40. The van der Waals surface area contributed by atoms with Crippen molar-refractivity contribution in [1.29, 1.82) is 0 Å². The molecule has 0 spiro atoms. The lowest BCUT2D eigenvalue weighted by molar-refractivity contribution is -0.385. The summed E-state index contributed by atoms with van der Waals surface area (Å²) in [6, 6.07) is 11.1. The number of nitrogens with one attached hydrogen (secondary N) is 2.